The monoisotopic (exact) mass is 157 g/mol. The second-order valence-corrected chi connectivity index (χ2v) is 2.77. The zero-order valence-corrected chi connectivity index (χ0v) is 7.05. The Morgan fingerprint density at radius 3 is 2.73 bits per heavy atom. The van der Waals surface area contributed by atoms with E-state index < -0.39 is 5.60 Å². The summed E-state index contributed by atoms with van der Waals surface area (Å²) in [5.74, 6) is -0.251. The lowest BCUT2D eigenvalue weighted by Gasteiger charge is -2.20. The Kier molecular flexibility index (Phi) is 3.82. The van der Waals surface area contributed by atoms with Gasteiger partial charge in [0.05, 0.1) is 5.60 Å². The zero-order chi connectivity index (χ0) is 8.91. The van der Waals surface area contributed by atoms with Crippen LogP contribution in [0.2, 0.25) is 0 Å². The Hall–Kier alpha value is -0.830. The summed E-state index contributed by atoms with van der Waals surface area (Å²) in [6.45, 7) is 7.10. The van der Waals surface area contributed by atoms with Crippen LogP contribution in [0.5, 0.6) is 0 Å². The van der Waals surface area contributed by atoms with Gasteiger partial charge in [-0.25, -0.2) is 0 Å². The predicted molar refractivity (Wildman–Crippen MR) is 44.1 cm³/mol. The smallest absolute Gasteiger partial charge is 0.243 e. The van der Waals surface area contributed by atoms with Crippen molar-refractivity contribution in [3.8, 4) is 0 Å². The molecule has 0 spiro atoms. The van der Waals surface area contributed by atoms with Gasteiger partial charge in [0.2, 0.25) is 5.91 Å². The highest BCUT2D eigenvalue weighted by Gasteiger charge is 2.17. The topological polar surface area (TPSA) is 49.3 Å². The number of rotatable bonds is 4. The molecule has 1 atom stereocenters. The second kappa shape index (κ2) is 4.13. The molecule has 0 radical (unpaired) electrons. The molecule has 3 nitrogen and oxygen atoms in total. The predicted octanol–water partition coefficient (Wildman–Crippen LogP) is 0.450. The lowest BCUT2D eigenvalue weighted by atomic mass is 10.0. The van der Waals surface area contributed by atoms with Gasteiger partial charge in [0.15, 0.2) is 0 Å². The van der Waals surface area contributed by atoms with Gasteiger partial charge < -0.3 is 10.4 Å². The van der Waals surface area contributed by atoms with E-state index in [1.165, 1.54) is 6.08 Å². The minimum absolute atomic E-state index is 0.251. The van der Waals surface area contributed by atoms with Crippen LogP contribution in [-0.4, -0.2) is 23.2 Å². The maximum atomic E-state index is 10.6. The average Bonchev–Trinajstić information content (AvgIpc) is 2.00. The third-order valence-corrected chi connectivity index (χ3v) is 1.59. The van der Waals surface area contributed by atoms with Crippen molar-refractivity contribution in [2.45, 2.75) is 25.9 Å². The molecule has 0 saturated carbocycles. The molecule has 0 aromatic carbocycles. The first-order chi connectivity index (χ1) is 5.02. The first kappa shape index (κ1) is 10.2. The number of carbonyl (C=O) groups excluding carboxylic acids is 1. The van der Waals surface area contributed by atoms with Gasteiger partial charge in [0.1, 0.15) is 0 Å². The molecule has 0 aromatic rings. The second-order valence-electron chi connectivity index (χ2n) is 2.77. The molecule has 0 aromatic heterocycles. The van der Waals surface area contributed by atoms with E-state index >= 15 is 0 Å². The van der Waals surface area contributed by atoms with Gasteiger partial charge in [0.25, 0.3) is 0 Å². The Labute approximate surface area is 67.1 Å². The molecule has 0 rings (SSSR count). The summed E-state index contributed by atoms with van der Waals surface area (Å²) < 4.78 is 0. The van der Waals surface area contributed by atoms with E-state index in [-0.39, 0.29) is 12.5 Å². The molecule has 0 bridgehead atoms. The van der Waals surface area contributed by atoms with Crippen LogP contribution in [0.4, 0.5) is 0 Å². The molecular weight excluding hydrogens is 142 g/mol. The molecule has 1 unspecified atom stereocenters. The molecule has 1 amide bonds. The molecule has 0 saturated heterocycles. The van der Waals surface area contributed by atoms with E-state index in [0.29, 0.717) is 6.42 Å². The van der Waals surface area contributed by atoms with E-state index in [4.69, 9.17) is 0 Å². The van der Waals surface area contributed by atoms with Gasteiger partial charge in [-0.3, -0.25) is 4.79 Å². The summed E-state index contributed by atoms with van der Waals surface area (Å²) in [5.41, 5.74) is -0.807. The summed E-state index contributed by atoms with van der Waals surface area (Å²) in [7, 11) is 0. The lowest BCUT2D eigenvalue weighted by Crippen LogP contribution is -2.39. The van der Waals surface area contributed by atoms with Crippen LogP contribution >= 0.6 is 0 Å². The Morgan fingerprint density at radius 1 is 1.82 bits per heavy atom. The first-order valence-corrected chi connectivity index (χ1v) is 3.64. The number of carbonyl (C=O) groups is 1. The van der Waals surface area contributed by atoms with E-state index in [2.05, 4.69) is 11.9 Å². The molecular formula is C8H15NO2. The van der Waals surface area contributed by atoms with Crippen molar-refractivity contribution in [1.29, 1.82) is 0 Å². The van der Waals surface area contributed by atoms with E-state index in [1.807, 2.05) is 6.92 Å². The SMILES string of the molecule is C=CC(=O)NCC(C)(O)CC. The van der Waals surface area contributed by atoms with Crippen LogP contribution in [0.1, 0.15) is 20.3 Å². The largest absolute Gasteiger partial charge is 0.388 e. The molecule has 3 heteroatoms. The summed E-state index contributed by atoms with van der Waals surface area (Å²) >= 11 is 0. The fraction of sp³-hybridized carbons (Fsp3) is 0.625. The van der Waals surface area contributed by atoms with Gasteiger partial charge in [-0.15, -0.1) is 0 Å². The fourth-order valence-electron chi connectivity index (χ4n) is 0.475. The van der Waals surface area contributed by atoms with Crippen molar-refractivity contribution in [3.05, 3.63) is 12.7 Å². The summed E-state index contributed by atoms with van der Waals surface area (Å²) in [5, 5.41) is 11.9. The zero-order valence-electron chi connectivity index (χ0n) is 7.05. The maximum Gasteiger partial charge on any atom is 0.243 e. The number of hydrogen-bond acceptors (Lipinski definition) is 2. The normalized spacial score (nSPS) is 15.2. The minimum Gasteiger partial charge on any atom is -0.388 e. The molecule has 11 heavy (non-hydrogen) atoms. The van der Waals surface area contributed by atoms with Crippen LogP contribution in [0.25, 0.3) is 0 Å². The van der Waals surface area contributed by atoms with Crippen LogP contribution in [0.15, 0.2) is 12.7 Å². The van der Waals surface area contributed by atoms with Crippen LogP contribution in [-0.2, 0) is 4.79 Å². The van der Waals surface area contributed by atoms with Gasteiger partial charge in [-0.05, 0) is 19.4 Å². The molecule has 64 valence electrons. The van der Waals surface area contributed by atoms with Gasteiger partial charge in [0, 0.05) is 6.54 Å². The molecule has 0 aliphatic carbocycles. The average molecular weight is 157 g/mol. The third-order valence-electron chi connectivity index (χ3n) is 1.59. The highest BCUT2D eigenvalue weighted by atomic mass is 16.3. The first-order valence-electron chi connectivity index (χ1n) is 3.64. The Balaban J connectivity index is 3.69. The molecule has 0 fully saturated rings. The van der Waals surface area contributed by atoms with E-state index in [9.17, 15) is 9.90 Å². The maximum absolute atomic E-state index is 10.6. The standard InChI is InChI=1S/C8H15NO2/c1-4-7(10)9-6-8(3,11)5-2/h4,11H,1,5-6H2,2-3H3,(H,9,10). The van der Waals surface area contributed by atoms with E-state index in [0.717, 1.165) is 0 Å². The van der Waals surface area contributed by atoms with Crippen molar-refractivity contribution in [2.24, 2.45) is 0 Å². The van der Waals surface area contributed by atoms with Crippen molar-refractivity contribution in [2.75, 3.05) is 6.54 Å². The summed E-state index contributed by atoms with van der Waals surface area (Å²) in [6, 6.07) is 0. The Morgan fingerprint density at radius 2 is 2.36 bits per heavy atom. The van der Waals surface area contributed by atoms with Gasteiger partial charge in [-0.2, -0.15) is 0 Å². The third kappa shape index (κ3) is 4.56. The number of nitrogens with one attached hydrogen (secondary N) is 1. The molecule has 0 aliphatic rings. The fourth-order valence-corrected chi connectivity index (χ4v) is 0.475. The highest BCUT2D eigenvalue weighted by Crippen LogP contribution is 2.05. The number of amides is 1. The summed E-state index contributed by atoms with van der Waals surface area (Å²) in [4.78, 5) is 10.6. The van der Waals surface area contributed by atoms with Crippen LogP contribution < -0.4 is 5.32 Å². The molecule has 0 heterocycles. The van der Waals surface area contributed by atoms with Crippen LogP contribution in [0.3, 0.4) is 0 Å². The quantitative estimate of drug-likeness (QED) is 0.582. The van der Waals surface area contributed by atoms with Crippen molar-refractivity contribution >= 4 is 5.91 Å². The van der Waals surface area contributed by atoms with Gasteiger partial charge >= 0.3 is 0 Å². The Bertz CT molecular complexity index is 152. The number of aliphatic hydroxyl groups is 1. The highest BCUT2D eigenvalue weighted by molar-refractivity contribution is 5.86. The number of hydrogen-bond donors (Lipinski definition) is 2. The lowest BCUT2D eigenvalue weighted by molar-refractivity contribution is -0.117. The van der Waals surface area contributed by atoms with Crippen LogP contribution in [0, 0.1) is 0 Å². The summed E-state index contributed by atoms with van der Waals surface area (Å²) in [6.07, 6.45) is 1.80. The minimum atomic E-state index is -0.807. The van der Waals surface area contributed by atoms with Gasteiger partial charge in [-0.1, -0.05) is 13.5 Å². The molecule has 2 N–H and O–H groups in total. The molecule has 0 aliphatic heterocycles. The van der Waals surface area contributed by atoms with Crippen molar-refractivity contribution in [3.63, 3.8) is 0 Å². The van der Waals surface area contributed by atoms with Crippen molar-refractivity contribution < 1.29 is 9.90 Å². The van der Waals surface area contributed by atoms with E-state index in [1.54, 1.807) is 6.92 Å². The van der Waals surface area contributed by atoms with Crippen molar-refractivity contribution in [1.82, 2.24) is 5.32 Å².